The number of hydrogen-bond acceptors (Lipinski definition) is 5. The largest absolute Gasteiger partial charge is 0.489 e. The Bertz CT molecular complexity index is 1740. The van der Waals surface area contributed by atoms with Crippen molar-refractivity contribution in [1.82, 2.24) is 0 Å². The Hall–Kier alpha value is -3.60. The molecule has 0 radical (unpaired) electrons. The molecule has 8 heteroatoms. The lowest BCUT2D eigenvalue weighted by molar-refractivity contribution is -0.118. The van der Waals surface area contributed by atoms with Crippen molar-refractivity contribution in [2.45, 2.75) is 60.0 Å². The van der Waals surface area contributed by atoms with Crippen LogP contribution in [0.1, 0.15) is 60.4 Å². The van der Waals surface area contributed by atoms with Gasteiger partial charge in [0, 0.05) is 27.2 Å². The summed E-state index contributed by atoms with van der Waals surface area (Å²) in [5, 5.41) is 11.1. The Balaban J connectivity index is 1.67. The Morgan fingerprint density at radius 3 is 2.50 bits per heavy atom. The average Bonchev–Trinajstić information content (AvgIpc) is 2.89. The minimum absolute atomic E-state index is 0.0661. The fourth-order valence-corrected chi connectivity index (χ4v) is 6.63. The number of nitriles is 1. The number of anilines is 1. The molecular weight excluding hydrogens is 617 g/mol. The molecule has 2 aliphatic rings. The smallest absolute Gasteiger partial charge is 0.162 e. The van der Waals surface area contributed by atoms with Gasteiger partial charge in [-0.3, -0.25) is 9.69 Å². The molecule has 1 atom stereocenters. The molecule has 5 nitrogen and oxygen atoms in total. The molecule has 1 aliphatic heterocycles. The van der Waals surface area contributed by atoms with E-state index in [0.717, 1.165) is 33.6 Å². The Kier molecular flexibility index (Phi) is 8.00. The predicted octanol–water partition coefficient (Wildman–Crippen LogP) is 8.69. The number of Topliss-reactive ketones (excluding diaryl/α,β-unsaturated/α-hetero) is 1. The standard InChI is InChI=1S/C34H32BrClFN3O2/c1-18-10-19(2)24(12-21(18)17-42-30-9-7-23(36)11-20(30)3)31-25(16-38)33(39)40(27-8-6-22(35)13-26(27)37)28-14-34(4,5)15-29(41)32(28)31/h6-13,31H,14-15,17,39H2,1-5H3. The zero-order chi connectivity index (χ0) is 30.5. The third-order valence-corrected chi connectivity index (χ3v) is 8.82. The first kappa shape index (κ1) is 29.9. The van der Waals surface area contributed by atoms with E-state index in [0.29, 0.717) is 40.2 Å². The highest BCUT2D eigenvalue weighted by Crippen LogP contribution is 2.51. The fraction of sp³-hybridized carbons (Fsp3) is 0.294. The molecule has 0 spiro atoms. The van der Waals surface area contributed by atoms with Gasteiger partial charge in [0.1, 0.15) is 24.0 Å². The molecule has 0 aromatic heterocycles. The van der Waals surface area contributed by atoms with Crippen molar-refractivity contribution in [3.05, 3.63) is 114 Å². The van der Waals surface area contributed by atoms with Crippen molar-refractivity contribution >= 4 is 39.0 Å². The van der Waals surface area contributed by atoms with Crippen LogP contribution in [0.2, 0.25) is 5.02 Å². The predicted molar refractivity (Wildman–Crippen MR) is 168 cm³/mol. The number of carbonyl (C=O) groups is 1. The van der Waals surface area contributed by atoms with Gasteiger partial charge < -0.3 is 10.5 Å². The molecule has 1 aliphatic carbocycles. The number of aryl methyl sites for hydroxylation is 3. The quantitative estimate of drug-likeness (QED) is 0.300. The van der Waals surface area contributed by atoms with Gasteiger partial charge in [-0.2, -0.15) is 5.26 Å². The van der Waals surface area contributed by atoms with Gasteiger partial charge in [-0.25, -0.2) is 4.39 Å². The minimum Gasteiger partial charge on any atom is -0.489 e. The van der Waals surface area contributed by atoms with Gasteiger partial charge in [-0.15, -0.1) is 0 Å². The number of hydrogen-bond donors (Lipinski definition) is 1. The summed E-state index contributed by atoms with van der Waals surface area (Å²) in [5.41, 5.74) is 12.5. The maximum Gasteiger partial charge on any atom is 0.162 e. The molecule has 0 saturated carbocycles. The van der Waals surface area contributed by atoms with E-state index in [2.05, 4.69) is 22.0 Å². The summed E-state index contributed by atoms with van der Waals surface area (Å²) in [6, 6.07) is 16.5. The van der Waals surface area contributed by atoms with Crippen molar-refractivity contribution in [3.8, 4) is 11.8 Å². The number of benzene rings is 3. The van der Waals surface area contributed by atoms with Crippen LogP contribution in [0.3, 0.4) is 0 Å². The number of carbonyl (C=O) groups excluding carboxylic acids is 1. The minimum atomic E-state index is -0.681. The van der Waals surface area contributed by atoms with Crippen LogP contribution < -0.4 is 15.4 Å². The highest BCUT2D eigenvalue weighted by molar-refractivity contribution is 9.10. The monoisotopic (exact) mass is 647 g/mol. The molecule has 1 unspecified atom stereocenters. The lowest BCUT2D eigenvalue weighted by atomic mass is 9.68. The third-order valence-electron chi connectivity index (χ3n) is 8.09. The number of ether oxygens (including phenoxy) is 1. The summed E-state index contributed by atoms with van der Waals surface area (Å²) in [7, 11) is 0. The maximum atomic E-state index is 15.4. The van der Waals surface area contributed by atoms with Gasteiger partial charge >= 0.3 is 0 Å². The van der Waals surface area contributed by atoms with Gasteiger partial charge in [-0.05, 0) is 96.8 Å². The van der Waals surface area contributed by atoms with E-state index in [1.54, 1.807) is 23.1 Å². The molecule has 0 bridgehead atoms. The summed E-state index contributed by atoms with van der Waals surface area (Å²) >= 11 is 9.43. The van der Waals surface area contributed by atoms with Crippen molar-refractivity contribution in [2.75, 3.05) is 4.90 Å². The van der Waals surface area contributed by atoms with Gasteiger partial charge in [-0.1, -0.05) is 53.5 Å². The Morgan fingerprint density at radius 2 is 1.83 bits per heavy atom. The van der Waals surface area contributed by atoms with E-state index in [1.807, 2.05) is 58.9 Å². The van der Waals surface area contributed by atoms with Crippen LogP contribution in [0, 0.1) is 43.3 Å². The highest BCUT2D eigenvalue weighted by Gasteiger charge is 2.45. The molecule has 1 heterocycles. The number of nitrogens with zero attached hydrogens (tertiary/aromatic N) is 2. The van der Waals surface area contributed by atoms with Gasteiger partial charge in [0.15, 0.2) is 5.78 Å². The fourth-order valence-electron chi connectivity index (χ4n) is 6.07. The van der Waals surface area contributed by atoms with Crippen LogP contribution in [0.4, 0.5) is 10.1 Å². The number of halogens is 3. The molecule has 5 rings (SSSR count). The lowest BCUT2D eigenvalue weighted by Crippen LogP contribution is -2.42. The van der Waals surface area contributed by atoms with Crippen molar-refractivity contribution in [1.29, 1.82) is 5.26 Å². The van der Waals surface area contributed by atoms with Gasteiger partial charge in [0.2, 0.25) is 0 Å². The van der Waals surface area contributed by atoms with Crippen LogP contribution in [0.15, 0.2) is 75.7 Å². The second-order valence-corrected chi connectivity index (χ2v) is 13.3. The van der Waals surface area contributed by atoms with Crippen molar-refractivity contribution in [2.24, 2.45) is 11.1 Å². The first-order valence-corrected chi connectivity index (χ1v) is 14.9. The molecule has 3 aromatic rings. The topological polar surface area (TPSA) is 79.4 Å². The average molecular weight is 649 g/mol. The van der Waals surface area contributed by atoms with Crippen LogP contribution in [-0.4, -0.2) is 5.78 Å². The van der Waals surface area contributed by atoms with Crippen LogP contribution in [0.5, 0.6) is 5.75 Å². The lowest BCUT2D eigenvalue weighted by Gasteiger charge is -2.44. The molecule has 2 N–H and O–H groups in total. The molecular formula is C34H32BrClFN3O2. The zero-order valence-corrected chi connectivity index (χ0v) is 26.6. The highest BCUT2D eigenvalue weighted by atomic mass is 79.9. The van der Waals surface area contributed by atoms with E-state index >= 15 is 4.39 Å². The van der Waals surface area contributed by atoms with Crippen LogP contribution >= 0.6 is 27.5 Å². The molecule has 42 heavy (non-hydrogen) atoms. The summed E-state index contributed by atoms with van der Waals surface area (Å²) in [5.74, 6) is -0.400. The molecule has 216 valence electrons. The molecule has 3 aromatic carbocycles. The van der Waals surface area contributed by atoms with E-state index in [9.17, 15) is 10.1 Å². The second kappa shape index (κ2) is 11.2. The summed E-state index contributed by atoms with van der Waals surface area (Å²) < 4.78 is 22.1. The maximum absolute atomic E-state index is 15.4. The first-order chi connectivity index (χ1) is 19.8. The van der Waals surface area contributed by atoms with E-state index < -0.39 is 11.7 Å². The zero-order valence-electron chi connectivity index (χ0n) is 24.2. The van der Waals surface area contributed by atoms with Crippen LogP contribution in [0.25, 0.3) is 0 Å². The van der Waals surface area contributed by atoms with Crippen LogP contribution in [-0.2, 0) is 11.4 Å². The summed E-state index contributed by atoms with van der Waals surface area (Å²) in [4.78, 5) is 15.5. The van der Waals surface area contributed by atoms with Gasteiger partial charge in [0.25, 0.3) is 0 Å². The third kappa shape index (κ3) is 5.46. The molecule has 0 fully saturated rings. The summed E-state index contributed by atoms with van der Waals surface area (Å²) in [6.07, 6.45) is 0.810. The number of nitrogens with two attached hydrogens (primary N) is 1. The van der Waals surface area contributed by atoms with E-state index in [4.69, 9.17) is 22.1 Å². The molecule has 0 amide bonds. The van der Waals surface area contributed by atoms with Crippen molar-refractivity contribution < 1.29 is 13.9 Å². The van der Waals surface area contributed by atoms with Crippen molar-refractivity contribution in [3.63, 3.8) is 0 Å². The van der Waals surface area contributed by atoms with E-state index in [1.165, 1.54) is 6.07 Å². The normalized spacial score (nSPS) is 18.2. The first-order valence-electron chi connectivity index (χ1n) is 13.7. The number of allylic oxidation sites excluding steroid dienone is 3. The number of ketones is 1. The SMILES string of the molecule is Cc1cc(C)c(C2C(C#N)=C(N)N(c3ccc(Br)cc3F)C3=C2C(=O)CC(C)(C)C3)cc1COc1ccc(Cl)cc1C. The molecule has 0 saturated heterocycles. The summed E-state index contributed by atoms with van der Waals surface area (Å²) in [6.45, 7) is 10.2. The van der Waals surface area contributed by atoms with E-state index in [-0.39, 0.29) is 28.3 Å². The van der Waals surface area contributed by atoms with Gasteiger partial charge in [0.05, 0.1) is 23.2 Å². The second-order valence-electron chi connectivity index (χ2n) is 11.9. The Morgan fingerprint density at radius 1 is 1.10 bits per heavy atom. The number of rotatable bonds is 5. The Labute approximate surface area is 259 Å².